The maximum atomic E-state index is 4.54. The number of para-hydroxylation sites is 2. The Hall–Kier alpha value is -3.20. The van der Waals surface area contributed by atoms with Crippen LogP contribution in [-0.4, -0.2) is 12.4 Å². The van der Waals surface area contributed by atoms with Crippen molar-refractivity contribution < 1.29 is 0 Å². The molecule has 0 heterocycles. The fourth-order valence-corrected chi connectivity index (χ4v) is 2.08. The third-order valence-corrected chi connectivity index (χ3v) is 3.25. The Bertz CT molecular complexity index is 793. The first-order valence-corrected chi connectivity index (χ1v) is 7.44. The largest absolute Gasteiger partial charge is 0.276 e. The van der Waals surface area contributed by atoms with E-state index in [0.29, 0.717) is 0 Å². The van der Waals surface area contributed by atoms with Crippen molar-refractivity contribution in [2.75, 3.05) is 5.43 Å². The van der Waals surface area contributed by atoms with E-state index >= 15 is 0 Å². The Balaban J connectivity index is 1.73. The van der Waals surface area contributed by atoms with E-state index in [1.165, 1.54) is 0 Å². The van der Waals surface area contributed by atoms with E-state index < -0.39 is 0 Å². The molecule has 0 saturated heterocycles. The highest BCUT2D eigenvalue weighted by Gasteiger charge is 1.97. The molecule has 0 unspecified atom stereocenters. The number of benzene rings is 3. The molecule has 0 fully saturated rings. The monoisotopic (exact) mass is 299 g/mol. The molecule has 0 amide bonds. The summed E-state index contributed by atoms with van der Waals surface area (Å²) in [5.41, 5.74) is 6.88. The van der Waals surface area contributed by atoms with E-state index in [2.05, 4.69) is 15.5 Å². The molecule has 0 aliphatic rings. The molecule has 3 heteroatoms. The fraction of sp³-hybridized carbons (Fsp3) is 0. The van der Waals surface area contributed by atoms with Crippen LogP contribution in [0.2, 0.25) is 0 Å². The zero-order valence-corrected chi connectivity index (χ0v) is 12.6. The highest BCUT2D eigenvalue weighted by molar-refractivity contribution is 5.84. The molecule has 3 aromatic rings. The Kier molecular flexibility index (Phi) is 4.93. The van der Waals surface area contributed by atoms with Crippen molar-refractivity contribution in [3.05, 3.63) is 96.1 Å². The number of hydrogen-bond donors (Lipinski definition) is 1. The minimum absolute atomic E-state index is 0.849. The van der Waals surface area contributed by atoms with Gasteiger partial charge < -0.3 is 0 Å². The number of hydrazone groups is 1. The maximum absolute atomic E-state index is 4.54. The van der Waals surface area contributed by atoms with E-state index in [9.17, 15) is 0 Å². The average Bonchev–Trinajstić information content (AvgIpc) is 2.63. The van der Waals surface area contributed by atoms with Gasteiger partial charge in [0.2, 0.25) is 0 Å². The fourth-order valence-electron chi connectivity index (χ4n) is 2.08. The van der Waals surface area contributed by atoms with Crippen LogP contribution < -0.4 is 5.43 Å². The summed E-state index contributed by atoms with van der Waals surface area (Å²) in [5.74, 6) is 0. The third kappa shape index (κ3) is 4.38. The number of anilines is 1. The van der Waals surface area contributed by atoms with Gasteiger partial charge in [-0.05, 0) is 23.3 Å². The summed E-state index contributed by atoms with van der Waals surface area (Å²) < 4.78 is 0. The lowest BCUT2D eigenvalue weighted by atomic mass is 10.2. The standard InChI is InChI=1S/C20H17N3/c1-3-9-17(10-4-1)15-21-19-13-7-8-14-20(19)23-22-16-18-11-5-2-6-12-18/h1-16,23H/b21-15?,22-16+. The van der Waals surface area contributed by atoms with Gasteiger partial charge in [-0.2, -0.15) is 5.10 Å². The van der Waals surface area contributed by atoms with Crippen LogP contribution in [0.4, 0.5) is 11.4 Å². The van der Waals surface area contributed by atoms with Gasteiger partial charge >= 0.3 is 0 Å². The number of aliphatic imine (C=N–C) groups is 1. The molecular weight excluding hydrogens is 282 g/mol. The summed E-state index contributed by atoms with van der Waals surface area (Å²) in [7, 11) is 0. The SMILES string of the molecule is C(=Nc1ccccc1N/N=C/c1ccccc1)c1ccccc1. The number of nitrogens with zero attached hydrogens (tertiary/aromatic N) is 2. The Morgan fingerprint density at radius 2 is 1.17 bits per heavy atom. The molecular formula is C20H17N3. The first kappa shape index (κ1) is 14.7. The molecule has 3 aromatic carbocycles. The predicted octanol–water partition coefficient (Wildman–Crippen LogP) is 4.88. The number of rotatable bonds is 5. The van der Waals surface area contributed by atoms with E-state index in [-0.39, 0.29) is 0 Å². The summed E-state index contributed by atoms with van der Waals surface area (Å²) in [5, 5.41) is 4.28. The van der Waals surface area contributed by atoms with Gasteiger partial charge in [0.15, 0.2) is 0 Å². The predicted molar refractivity (Wildman–Crippen MR) is 97.8 cm³/mol. The second kappa shape index (κ2) is 7.71. The van der Waals surface area contributed by atoms with Crippen molar-refractivity contribution in [1.29, 1.82) is 0 Å². The van der Waals surface area contributed by atoms with Crippen molar-refractivity contribution in [2.45, 2.75) is 0 Å². The smallest absolute Gasteiger partial charge is 0.0879 e. The maximum Gasteiger partial charge on any atom is 0.0879 e. The van der Waals surface area contributed by atoms with Crippen LogP contribution in [0.3, 0.4) is 0 Å². The van der Waals surface area contributed by atoms with Gasteiger partial charge in [0.1, 0.15) is 0 Å². The average molecular weight is 299 g/mol. The minimum Gasteiger partial charge on any atom is -0.276 e. The quantitative estimate of drug-likeness (QED) is 0.529. The first-order chi connectivity index (χ1) is 11.4. The Morgan fingerprint density at radius 3 is 1.87 bits per heavy atom. The molecule has 3 rings (SSSR count). The molecule has 0 aliphatic carbocycles. The Morgan fingerprint density at radius 1 is 0.609 bits per heavy atom. The van der Waals surface area contributed by atoms with Crippen LogP contribution >= 0.6 is 0 Å². The third-order valence-electron chi connectivity index (χ3n) is 3.25. The summed E-state index contributed by atoms with van der Waals surface area (Å²) >= 11 is 0. The first-order valence-electron chi connectivity index (χ1n) is 7.44. The highest BCUT2D eigenvalue weighted by Crippen LogP contribution is 2.24. The molecule has 3 nitrogen and oxygen atoms in total. The van der Waals surface area contributed by atoms with Gasteiger partial charge in [0, 0.05) is 6.21 Å². The Labute approximate surface area is 136 Å². The summed E-state index contributed by atoms with van der Waals surface area (Å²) in [6.45, 7) is 0. The molecule has 0 bridgehead atoms. The molecule has 0 radical (unpaired) electrons. The van der Waals surface area contributed by atoms with Crippen molar-refractivity contribution in [1.82, 2.24) is 0 Å². The van der Waals surface area contributed by atoms with Crippen LogP contribution in [-0.2, 0) is 0 Å². The molecule has 0 spiro atoms. The normalized spacial score (nSPS) is 11.1. The van der Waals surface area contributed by atoms with Crippen LogP contribution in [0.15, 0.2) is 95.0 Å². The van der Waals surface area contributed by atoms with Crippen molar-refractivity contribution in [3.63, 3.8) is 0 Å². The van der Waals surface area contributed by atoms with Gasteiger partial charge in [0.25, 0.3) is 0 Å². The molecule has 112 valence electrons. The molecule has 23 heavy (non-hydrogen) atoms. The topological polar surface area (TPSA) is 36.8 Å². The summed E-state index contributed by atoms with van der Waals surface area (Å²) in [4.78, 5) is 4.54. The molecule has 1 N–H and O–H groups in total. The van der Waals surface area contributed by atoms with Crippen molar-refractivity contribution in [3.8, 4) is 0 Å². The van der Waals surface area contributed by atoms with Crippen LogP contribution in [0, 0.1) is 0 Å². The van der Waals surface area contributed by atoms with Gasteiger partial charge in [-0.3, -0.25) is 10.4 Å². The van der Waals surface area contributed by atoms with E-state index in [4.69, 9.17) is 0 Å². The molecule has 0 saturated carbocycles. The summed E-state index contributed by atoms with van der Waals surface area (Å²) in [6, 6.07) is 27.8. The molecule has 0 atom stereocenters. The number of nitrogens with one attached hydrogen (secondary N) is 1. The highest BCUT2D eigenvalue weighted by atomic mass is 15.3. The zero-order chi connectivity index (χ0) is 15.7. The van der Waals surface area contributed by atoms with Crippen LogP contribution in [0.25, 0.3) is 0 Å². The second-order valence-corrected chi connectivity index (χ2v) is 4.97. The van der Waals surface area contributed by atoms with Gasteiger partial charge in [-0.25, -0.2) is 0 Å². The van der Waals surface area contributed by atoms with Gasteiger partial charge in [-0.1, -0.05) is 72.8 Å². The lowest BCUT2D eigenvalue weighted by Gasteiger charge is -2.04. The van der Waals surface area contributed by atoms with Gasteiger partial charge in [0.05, 0.1) is 17.6 Å². The number of hydrogen-bond acceptors (Lipinski definition) is 3. The van der Waals surface area contributed by atoms with E-state index in [1.807, 2.05) is 91.1 Å². The van der Waals surface area contributed by atoms with Crippen molar-refractivity contribution >= 4 is 23.8 Å². The summed E-state index contributed by atoms with van der Waals surface area (Å²) in [6.07, 6.45) is 3.64. The molecule has 0 aromatic heterocycles. The minimum atomic E-state index is 0.849. The van der Waals surface area contributed by atoms with Crippen LogP contribution in [0.5, 0.6) is 0 Å². The molecule has 0 aliphatic heterocycles. The second-order valence-electron chi connectivity index (χ2n) is 4.97. The van der Waals surface area contributed by atoms with Gasteiger partial charge in [-0.15, -0.1) is 0 Å². The van der Waals surface area contributed by atoms with E-state index in [1.54, 1.807) is 6.21 Å². The van der Waals surface area contributed by atoms with Crippen molar-refractivity contribution in [2.24, 2.45) is 10.1 Å². The van der Waals surface area contributed by atoms with E-state index in [0.717, 1.165) is 22.5 Å². The lowest BCUT2D eigenvalue weighted by Crippen LogP contribution is -1.91. The lowest BCUT2D eigenvalue weighted by molar-refractivity contribution is 1.33. The zero-order valence-electron chi connectivity index (χ0n) is 12.6. The van der Waals surface area contributed by atoms with Crippen LogP contribution in [0.1, 0.15) is 11.1 Å².